The highest BCUT2D eigenvalue weighted by Gasteiger charge is 2.22. The molecular formula is C16H15BrClN3OS2. The van der Waals surface area contributed by atoms with Gasteiger partial charge in [0.05, 0.1) is 19.4 Å². The van der Waals surface area contributed by atoms with E-state index in [1.54, 1.807) is 17.0 Å². The van der Waals surface area contributed by atoms with Gasteiger partial charge in [-0.2, -0.15) is 0 Å². The summed E-state index contributed by atoms with van der Waals surface area (Å²) in [7, 11) is 3.97. The van der Waals surface area contributed by atoms with Gasteiger partial charge in [-0.3, -0.25) is 9.69 Å². The highest BCUT2D eigenvalue weighted by Crippen LogP contribution is 2.32. The molecule has 0 atom stereocenters. The molecule has 0 aliphatic heterocycles. The van der Waals surface area contributed by atoms with Gasteiger partial charge in [0, 0.05) is 17.6 Å². The van der Waals surface area contributed by atoms with E-state index in [-0.39, 0.29) is 5.91 Å². The first-order valence-corrected chi connectivity index (χ1v) is 10.0. The molecule has 0 aliphatic carbocycles. The fourth-order valence-corrected chi connectivity index (χ4v) is 4.68. The van der Waals surface area contributed by atoms with E-state index in [9.17, 15) is 4.79 Å². The molecule has 0 bridgehead atoms. The van der Waals surface area contributed by atoms with Crippen LogP contribution in [0.4, 0.5) is 5.13 Å². The Kier molecular flexibility index (Phi) is 5.56. The molecular weight excluding hydrogens is 430 g/mol. The van der Waals surface area contributed by atoms with Gasteiger partial charge in [-0.25, -0.2) is 4.98 Å². The summed E-state index contributed by atoms with van der Waals surface area (Å²) in [5, 5.41) is 0.708. The predicted molar refractivity (Wildman–Crippen MR) is 107 cm³/mol. The van der Waals surface area contributed by atoms with Crippen LogP contribution in [-0.4, -0.2) is 43.0 Å². The Bertz CT molecular complexity index is 877. The summed E-state index contributed by atoms with van der Waals surface area (Å²) in [6.45, 7) is 1.33. The average molecular weight is 445 g/mol. The molecule has 2 heterocycles. The minimum atomic E-state index is -0.0631. The zero-order chi connectivity index (χ0) is 17.3. The number of halogens is 2. The number of carbonyl (C=O) groups excluding carboxylic acids is 1. The van der Waals surface area contributed by atoms with Crippen molar-refractivity contribution in [3.8, 4) is 0 Å². The lowest BCUT2D eigenvalue weighted by atomic mass is 10.3. The summed E-state index contributed by atoms with van der Waals surface area (Å²) >= 11 is 12.3. The number of aromatic nitrogens is 1. The van der Waals surface area contributed by atoms with Crippen LogP contribution in [0.3, 0.4) is 0 Å². The molecule has 0 saturated heterocycles. The molecule has 0 radical (unpaired) electrons. The summed E-state index contributed by atoms with van der Waals surface area (Å²) in [4.78, 5) is 22.0. The zero-order valence-corrected chi connectivity index (χ0v) is 17.1. The van der Waals surface area contributed by atoms with E-state index in [0.29, 0.717) is 20.9 Å². The maximum absolute atomic E-state index is 12.9. The number of anilines is 1. The van der Waals surface area contributed by atoms with E-state index < -0.39 is 0 Å². The molecule has 1 aromatic carbocycles. The normalized spacial score (nSPS) is 11.4. The van der Waals surface area contributed by atoms with E-state index in [4.69, 9.17) is 11.6 Å². The second kappa shape index (κ2) is 7.49. The molecule has 24 heavy (non-hydrogen) atoms. The first kappa shape index (κ1) is 17.8. The van der Waals surface area contributed by atoms with Gasteiger partial charge in [0.2, 0.25) is 0 Å². The number of amides is 1. The Morgan fingerprint density at radius 1 is 1.21 bits per heavy atom. The Labute approximate surface area is 161 Å². The van der Waals surface area contributed by atoms with Crippen LogP contribution in [0.2, 0.25) is 4.34 Å². The molecule has 4 nitrogen and oxygen atoms in total. The van der Waals surface area contributed by atoms with Crippen LogP contribution >= 0.6 is 50.2 Å². The zero-order valence-electron chi connectivity index (χ0n) is 13.1. The lowest BCUT2D eigenvalue weighted by molar-refractivity contribution is 0.0989. The van der Waals surface area contributed by atoms with Crippen molar-refractivity contribution in [1.29, 1.82) is 0 Å². The standard InChI is InChI=1S/C16H15BrClN3OS2/c1-20(2)7-8-21(15(22)12-5-6-14(18)23-12)16-19-11-4-3-10(17)9-13(11)24-16/h3-6,9H,7-8H2,1-2H3. The first-order chi connectivity index (χ1) is 11.4. The van der Waals surface area contributed by atoms with Crippen molar-refractivity contribution in [3.63, 3.8) is 0 Å². The molecule has 0 aliphatic rings. The summed E-state index contributed by atoms with van der Waals surface area (Å²) in [6.07, 6.45) is 0. The van der Waals surface area contributed by atoms with Crippen LogP contribution in [0.5, 0.6) is 0 Å². The van der Waals surface area contributed by atoms with Crippen LogP contribution in [0.1, 0.15) is 9.67 Å². The fraction of sp³-hybridized carbons (Fsp3) is 0.250. The Hall–Kier alpha value is -0.990. The van der Waals surface area contributed by atoms with E-state index >= 15 is 0 Å². The monoisotopic (exact) mass is 443 g/mol. The third-order valence-corrected chi connectivity index (χ3v) is 6.12. The topological polar surface area (TPSA) is 36.4 Å². The predicted octanol–water partition coefficient (Wildman–Crippen LogP) is 4.98. The van der Waals surface area contributed by atoms with Crippen molar-refractivity contribution in [2.24, 2.45) is 0 Å². The number of benzene rings is 1. The van der Waals surface area contributed by atoms with Crippen molar-refractivity contribution < 1.29 is 4.79 Å². The van der Waals surface area contributed by atoms with Crippen LogP contribution in [0.25, 0.3) is 10.2 Å². The summed E-state index contributed by atoms with van der Waals surface area (Å²) in [5.41, 5.74) is 0.894. The Morgan fingerprint density at radius 2 is 2.00 bits per heavy atom. The van der Waals surface area contributed by atoms with Crippen LogP contribution in [0.15, 0.2) is 34.8 Å². The third-order valence-electron chi connectivity index (χ3n) is 3.37. The quantitative estimate of drug-likeness (QED) is 0.557. The number of rotatable bonds is 5. The van der Waals surface area contributed by atoms with E-state index in [1.807, 2.05) is 37.2 Å². The lowest BCUT2D eigenvalue weighted by Crippen LogP contribution is -2.36. The maximum Gasteiger partial charge on any atom is 0.270 e. The number of nitrogens with zero attached hydrogens (tertiary/aromatic N) is 3. The SMILES string of the molecule is CN(C)CCN(C(=O)c1ccc(Cl)s1)c1nc2ccc(Br)cc2s1. The highest BCUT2D eigenvalue weighted by molar-refractivity contribution is 9.10. The minimum Gasteiger partial charge on any atom is -0.308 e. The van der Waals surface area contributed by atoms with Gasteiger partial charge >= 0.3 is 0 Å². The molecule has 3 rings (SSSR count). The van der Waals surface area contributed by atoms with Gasteiger partial charge in [-0.15, -0.1) is 11.3 Å². The summed E-state index contributed by atoms with van der Waals surface area (Å²) in [5.74, 6) is -0.0631. The van der Waals surface area contributed by atoms with Crippen molar-refractivity contribution in [3.05, 3.63) is 44.0 Å². The van der Waals surface area contributed by atoms with Crippen molar-refractivity contribution in [2.75, 3.05) is 32.1 Å². The molecule has 126 valence electrons. The van der Waals surface area contributed by atoms with Gasteiger partial charge in [0.15, 0.2) is 5.13 Å². The number of carbonyl (C=O) groups is 1. The second-order valence-corrected chi connectivity index (χ2v) is 9.11. The van der Waals surface area contributed by atoms with Crippen LogP contribution in [0, 0.1) is 0 Å². The molecule has 8 heteroatoms. The van der Waals surface area contributed by atoms with Gasteiger partial charge in [0.1, 0.15) is 0 Å². The van der Waals surface area contributed by atoms with Crippen LogP contribution < -0.4 is 4.90 Å². The molecule has 2 aromatic heterocycles. The maximum atomic E-state index is 12.9. The van der Waals surface area contributed by atoms with Crippen molar-refractivity contribution in [2.45, 2.75) is 0 Å². The number of thiazole rings is 1. The number of fused-ring (bicyclic) bond motifs is 1. The number of hydrogen-bond donors (Lipinski definition) is 0. The molecule has 0 fully saturated rings. The smallest absolute Gasteiger partial charge is 0.270 e. The minimum absolute atomic E-state index is 0.0631. The lowest BCUT2D eigenvalue weighted by Gasteiger charge is -2.21. The fourth-order valence-electron chi connectivity index (χ4n) is 2.15. The van der Waals surface area contributed by atoms with Gasteiger partial charge < -0.3 is 4.90 Å². The van der Waals surface area contributed by atoms with Gasteiger partial charge in [-0.1, -0.05) is 38.9 Å². The number of likely N-dealkylation sites (N-methyl/N-ethyl adjacent to an activating group) is 1. The largest absolute Gasteiger partial charge is 0.308 e. The molecule has 0 unspecified atom stereocenters. The van der Waals surface area contributed by atoms with Gasteiger partial charge in [-0.05, 0) is 44.4 Å². The van der Waals surface area contributed by atoms with E-state index in [2.05, 4.69) is 20.9 Å². The third kappa shape index (κ3) is 3.97. The molecule has 0 spiro atoms. The molecule has 3 aromatic rings. The Balaban J connectivity index is 1.97. The van der Waals surface area contributed by atoms with Crippen molar-refractivity contribution in [1.82, 2.24) is 9.88 Å². The molecule has 0 saturated carbocycles. The number of hydrogen-bond acceptors (Lipinski definition) is 5. The number of thiophene rings is 1. The van der Waals surface area contributed by atoms with E-state index in [1.165, 1.54) is 22.7 Å². The van der Waals surface area contributed by atoms with Gasteiger partial charge in [0.25, 0.3) is 5.91 Å². The Morgan fingerprint density at radius 3 is 2.67 bits per heavy atom. The average Bonchev–Trinajstić information content (AvgIpc) is 3.12. The van der Waals surface area contributed by atoms with Crippen LogP contribution in [-0.2, 0) is 0 Å². The second-order valence-electron chi connectivity index (χ2n) is 5.47. The van der Waals surface area contributed by atoms with E-state index in [0.717, 1.165) is 21.2 Å². The molecule has 0 N–H and O–H groups in total. The van der Waals surface area contributed by atoms with Crippen molar-refractivity contribution >= 4 is 71.5 Å². The highest BCUT2D eigenvalue weighted by atomic mass is 79.9. The molecule has 1 amide bonds. The first-order valence-electron chi connectivity index (χ1n) is 7.22. The summed E-state index contributed by atoms with van der Waals surface area (Å²) < 4.78 is 2.66. The summed E-state index contributed by atoms with van der Waals surface area (Å²) in [6, 6.07) is 9.45.